The first-order valence-electron chi connectivity index (χ1n) is 7.44. The van der Waals surface area contributed by atoms with Crippen LogP contribution in [0.4, 0.5) is 0 Å². The Balaban J connectivity index is 2.01. The van der Waals surface area contributed by atoms with Crippen molar-refractivity contribution in [2.45, 2.75) is 32.1 Å². The van der Waals surface area contributed by atoms with Crippen molar-refractivity contribution < 1.29 is 4.79 Å². The second-order valence-corrected chi connectivity index (χ2v) is 6.69. The SMILES string of the molecule is CC1CCN(C(=O)CC(CN)c2ccc(Cl)c(Cl)c2)CC1. The highest BCUT2D eigenvalue weighted by Crippen LogP contribution is 2.28. The summed E-state index contributed by atoms with van der Waals surface area (Å²) in [6.07, 6.45) is 2.61. The summed E-state index contributed by atoms with van der Waals surface area (Å²) in [5.41, 5.74) is 6.82. The Morgan fingerprint density at radius 3 is 2.57 bits per heavy atom. The number of piperidine rings is 1. The fourth-order valence-electron chi connectivity index (χ4n) is 2.70. The number of carbonyl (C=O) groups excluding carboxylic acids is 1. The van der Waals surface area contributed by atoms with Gasteiger partial charge in [0.15, 0.2) is 0 Å². The van der Waals surface area contributed by atoms with Crippen LogP contribution in [0.2, 0.25) is 10.0 Å². The van der Waals surface area contributed by atoms with Gasteiger partial charge in [0.2, 0.25) is 5.91 Å². The summed E-state index contributed by atoms with van der Waals surface area (Å²) >= 11 is 12.0. The van der Waals surface area contributed by atoms with E-state index in [1.165, 1.54) is 0 Å². The molecular weight excluding hydrogens is 307 g/mol. The smallest absolute Gasteiger partial charge is 0.223 e. The molecule has 0 radical (unpaired) electrons. The van der Waals surface area contributed by atoms with Crippen LogP contribution in [-0.2, 0) is 4.79 Å². The van der Waals surface area contributed by atoms with Crippen LogP contribution in [0.5, 0.6) is 0 Å². The van der Waals surface area contributed by atoms with Gasteiger partial charge in [-0.2, -0.15) is 0 Å². The highest BCUT2D eigenvalue weighted by atomic mass is 35.5. The first-order chi connectivity index (χ1) is 10.0. The second kappa shape index (κ2) is 7.48. The van der Waals surface area contributed by atoms with Gasteiger partial charge >= 0.3 is 0 Å². The molecule has 2 N–H and O–H groups in total. The lowest BCUT2D eigenvalue weighted by atomic mass is 9.94. The maximum absolute atomic E-state index is 12.4. The molecule has 1 unspecified atom stereocenters. The minimum absolute atomic E-state index is 0.00776. The lowest BCUT2D eigenvalue weighted by molar-refractivity contribution is -0.132. The van der Waals surface area contributed by atoms with Gasteiger partial charge in [-0.3, -0.25) is 4.79 Å². The third-order valence-electron chi connectivity index (χ3n) is 4.26. The summed E-state index contributed by atoms with van der Waals surface area (Å²) in [7, 11) is 0. The minimum Gasteiger partial charge on any atom is -0.343 e. The fraction of sp³-hybridized carbons (Fsp3) is 0.562. The molecule has 1 aromatic carbocycles. The van der Waals surface area contributed by atoms with E-state index in [0.717, 1.165) is 37.4 Å². The number of hydrogen-bond acceptors (Lipinski definition) is 2. The monoisotopic (exact) mass is 328 g/mol. The first kappa shape index (κ1) is 16.6. The molecule has 21 heavy (non-hydrogen) atoms. The number of carbonyl (C=O) groups is 1. The van der Waals surface area contributed by atoms with Crippen molar-refractivity contribution in [1.82, 2.24) is 4.90 Å². The highest BCUT2D eigenvalue weighted by Gasteiger charge is 2.23. The summed E-state index contributed by atoms with van der Waals surface area (Å²) in [6, 6.07) is 5.47. The number of rotatable bonds is 4. The van der Waals surface area contributed by atoms with Crippen molar-refractivity contribution in [3.63, 3.8) is 0 Å². The number of amides is 1. The number of benzene rings is 1. The molecule has 116 valence electrons. The average Bonchev–Trinajstić information content (AvgIpc) is 2.48. The van der Waals surface area contributed by atoms with Gasteiger partial charge in [-0.1, -0.05) is 36.2 Å². The average molecular weight is 329 g/mol. The van der Waals surface area contributed by atoms with Crippen LogP contribution in [-0.4, -0.2) is 30.4 Å². The van der Waals surface area contributed by atoms with Crippen molar-refractivity contribution in [2.24, 2.45) is 11.7 Å². The Kier molecular flexibility index (Phi) is 5.91. The molecule has 0 spiro atoms. The van der Waals surface area contributed by atoms with Crippen LogP contribution >= 0.6 is 23.2 Å². The third-order valence-corrected chi connectivity index (χ3v) is 5.00. The van der Waals surface area contributed by atoms with Crippen molar-refractivity contribution in [1.29, 1.82) is 0 Å². The van der Waals surface area contributed by atoms with Crippen LogP contribution in [0.3, 0.4) is 0 Å². The molecule has 1 atom stereocenters. The van der Waals surface area contributed by atoms with Crippen LogP contribution in [0.1, 0.15) is 37.7 Å². The van der Waals surface area contributed by atoms with E-state index in [0.29, 0.717) is 23.0 Å². The summed E-state index contributed by atoms with van der Waals surface area (Å²) in [4.78, 5) is 14.4. The molecule has 1 fully saturated rings. The summed E-state index contributed by atoms with van der Waals surface area (Å²) < 4.78 is 0. The van der Waals surface area contributed by atoms with Gasteiger partial charge in [0, 0.05) is 25.4 Å². The Hall–Kier alpha value is -0.770. The van der Waals surface area contributed by atoms with Gasteiger partial charge in [0.25, 0.3) is 0 Å². The quantitative estimate of drug-likeness (QED) is 0.916. The van der Waals surface area contributed by atoms with E-state index in [4.69, 9.17) is 28.9 Å². The number of nitrogens with two attached hydrogens (primary N) is 1. The molecule has 1 heterocycles. The van der Waals surface area contributed by atoms with Crippen molar-refractivity contribution in [3.05, 3.63) is 33.8 Å². The lowest BCUT2D eigenvalue weighted by Gasteiger charge is -2.31. The van der Waals surface area contributed by atoms with Gasteiger partial charge in [0.1, 0.15) is 0 Å². The first-order valence-corrected chi connectivity index (χ1v) is 8.19. The molecule has 3 nitrogen and oxygen atoms in total. The van der Waals surface area contributed by atoms with Crippen LogP contribution in [0.15, 0.2) is 18.2 Å². The van der Waals surface area contributed by atoms with Gasteiger partial charge in [-0.25, -0.2) is 0 Å². The molecule has 1 aliphatic heterocycles. The molecule has 2 rings (SSSR count). The zero-order valence-corrected chi connectivity index (χ0v) is 13.8. The molecule has 1 aromatic rings. The van der Waals surface area contributed by atoms with E-state index in [-0.39, 0.29) is 11.8 Å². The summed E-state index contributed by atoms with van der Waals surface area (Å²) in [5, 5.41) is 1.03. The zero-order valence-electron chi connectivity index (χ0n) is 12.3. The maximum Gasteiger partial charge on any atom is 0.223 e. The van der Waals surface area contributed by atoms with E-state index in [1.54, 1.807) is 6.07 Å². The van der Waals surface area contributed by atoms with E-state index in [2.05, 4.69) is 6.92 Å². The molecule has 0 bridgehead atoms. The van der Waals surface area contributed by atoms with Gasteiger partial charge in [-0.05, 0) is 43.0 Å². The van der Waals surface area contributed by atoms with Gasteiger partial charge < -0.3 is 10.6 Å². The Bertz CT molecular complexity index is 499. The highest BCUT2D eigenvalue weighted by molar-refractivity contribution is 6.42. The predicted octanol–water partition coefficient (Wildman–Crippen LogP) is 3.68. The van der Waals surface area contributed by atoms with Crippen LogP contribution < -0.4 is 5.73 Å². The minimum atomic E-state index is -0.00776. The summed E-state index contributed by atoms with van der Waals surface area (Å²) in [6.45, 7) is 4.38. The Labute approximate surface area is 136 Å². The summed E-state index contributed by atoms with van der Waals surface area (Å²) in [5.74, 6) is 0.893. The second-order valence-electron chi connectivity index (χ2n) is 5.87. The molecule has 1 amide bonds. The standard InChI is InChI=1S/C16H22Cl2N2O/c1-11-4-6-20(7-5-11)16(21)9-13(10-19)12-2-3-14(17)15(18)8-12/h2-3,8,11,13H,4-7,9-10,19H2,1H3. The van der Waals surface area contributed by atoms with Crippen molar-refractivity contribution in [3.8, 4) is 0 Å². The molecule has 5 heteroatoms. The molecule has 0 aromatic heterocycles. The predicted molar refractivity (Wildman–Crippen MR) is 87.9 cm³/mol. The number of nitrogens with zero attached hydrogens (tertiary/aromatic N) is 1. The maximum atomic E-state index is 12.4. The van der Waals surface area contributed by atoms with Crippen LogP contribution in [0.25, 0.3) is 0 Å². The molecule has 1 saturated heterocycles. The number of hydrogen-bond donors (Lipinski definition) is 1. The normalized spacial score (nSPS) is 17.8. The Morgan fingerprint density at radius 1 is 1.33 bits per heavy atom. The number of likely N-dealkylation sites (tertiary alicyclic amines) is 1. The van der Waals surface area contributed by atoms with E-state index < -0.39 is 0 Å². The zero-order chi connectivity index (χ0) is 15.4. The van der Waals surface area contributed by atoms with E-state index in [1.807, 2.05) is 17.0 Å². The van der Waals surface area contributed by atoms with E-state index in [9.17, 15) is 4.79 Å². The molecule has 0 saturated carbocycles. The Morgan fingerprint density at radius 2 is 2.00 bits per heavy atom. The number of halogens is 2. The molecule has 0 aliphatic carbocycles. The van der Waals surface area contributed by atoms with Crippen molar-refractivity contribution >= 4 is 29.1 Å². The topological polar surface area (TPSA) is 46.3 Å². The molecule has 1 aliphatic rings. The van der Waals surface area contributed by atoms with Gasteiger partial charge in [0.05, 0.1) is 10.0 Å². The van der Waals surface area contributed by atoms with Gasteiger partial charge in [-0.15, -0.1) is 0 Å². The van der Waals surface area contributed by atoms with E-state index >= 15 is 0 Å². The largest absolute Gasteiger partial charge is 0.343 e. The lowest BCUT2D eigenvalue weighted by Crippen LogP contribution is -2.39. The molecular formula is C16H22Cl2N2O. The fourth-order valence-corrected chi connectivity index (χ4v) is 3.01. The van der Waals surface area contributed by atoms with Crippen LogP contribution in [0, 0.1) is 5.92 Å². The third kappa shape index (κ3) is 4.35. The van der Waals surface area contributed by atoms with Crippen molar-refractivity contribution in [2.75, 3.05) is 19.6 Å².